The smallest absolute Gasteiger partial charge is 0.0794 e. The Labute approximate surface area is 306 Å². The minimum atomic E-state index is 0.929. The molecule has 0 N–H and O–H groups in total. The van der Waals surface area contributed by atoms with E-state index in [1.807, 2.05) is 6.20 Å². The molecule has 53 heavy (non-hydrogen) atoms. The average molecular weight is 674 g/mol. The molecule has 0 bridgehead atoms. The van der Waals surface area contributed by atoms with Crippen LogP contribution in [0.25, 0.3) is 104 Å². The summed E-state index contributed by atoms with van der Waals surface area (Å²) in [7, 11) is 0. The largest absolute Gasteiger partial charge is 0.309 e. The van der Waals surface area contributed by atoms with Crippen LogP contribution in [0.3, 0.4) is 0 Å². The van der Waals surface area contributed by atoms with Crippen LogP contribution in [0, 0.1) is 0 Å². The molecule has 0 saturated carbocycles. The molecule has 3 heterocycles. The standard InChI is InChI=1S/C50H31N3/c1-3-18-41-37(14-1)38-15-2-4-19-42(38)49-48(41)43-20-5-8-21-45(43)52-50(49)34-13-11-12-33(30-34)44-29-26-35(31-51-44)32-24-27-36(28-25-32)53-46-22-9-6-16-39(46)40-17-7-10-23-47(40)53/h1-31H. The van der Waals surface area contributed by atoms with Gasteiger partial charge in [-0.2, -0.15) is 0 Å². The van der Waals surface area contributed by atoms with Crippen molar-refractivity contribution in [3.05, 3.63) is 188 Å². The van der Waals surface area contributed by atoms with Crippen molar-refractivity contribution < 1.29 is 0 Å². The fraction of sp³-hybridized carbons (Fsp3) is 0. The van der Waals surface area contributed by atoms with E-state index < -0.39 is 0 Å². The highest BCUT2D eigenvalue weighted by Crippen LogP contribution is 2.43. The summed E-state index contributed by atoms with van der Waals surface area (Å²) in [6, 6.07) is 65.1. The number of benzene rings is 8. The quantitative estimate of drug-likeness (QED) is 0.174. The van der Waals surface area contributed by atoms with Crippen LogP contribution in [0.2, 0.25) is 0 Å². The second-order valence-corrected chi connectivity index (χ2v) is 13.7. The van der Waals surface area contributed by atoms with Crippen molar-refractivity contribution in [1.29, 1.82) is 0 Å². The van der Waals surface area contributed by atoms with Gasteiger partial charge in [-0.15, -0.1) is 0 Å². The Kier molecular flexibility index (Phi) is 6.55. The Morgan fingerprint density at radius 1 is 0.358 bits per heavy atom. The van der Waals surface area contributed by atoms with Crippen molar-refractivity contribution >= 4 is 65.0 Å². The van der Waals surface area contributed by atoms with E-state index in [9.17, 15) is 0 Å². The molecule has 11 aromatic rings. The second kappa shape index (κ2) is 11.7. The van der Waals surface area contributed by atoms with Crippen LogP contribution in [0.4, 0.5) is 0 Å². The molecule has 0 atom stereocenters. The summed E-state index contributed by atoms with van der Waals surface area (Å²) in [4.78, 5) is 10.3. The van der Waals surface area contributed by atoms with Crippen molar-refractivity contribution in [2.75, 3.05) is 0 Å². The van der Waals surface area contributed by atoms with Crippen molar-refractivity contribution in [3.8, 4) is 39.3 Å². The number of hydrogen-bond donors (Lipinski definition) is 0. The summed E-state index contributed by atoms with van der Waals surface area (Å²) in [6.45, 7) is 0. The predicted octanol–water partition coefficient (Wildman–Crippen LogP) is 13.2. The molecule has 0 aliphatic rings. The summed E-state index contributed by atoms with van der Waals surface area (Å²) < 4.78 is 2.35. The lowest BCUT2D eigenvalue weighted by Gasteiger charge is -2.16. The summed E-state index contributed by atoms with van der Waals surface area (Å²) >= 11 is 0. The van der Waals surface area contributed by atoms with E-state index in [0.29, 0.717) is 0 Å². The van der Waals surface area contributed by atoms with Crippen LogP contribution >= 0.6 is 0 Å². The molecular formula is C50H31N3. The maximum Gasteiger partial charge on any atom is 0.0794 e. The topological polar surface area (TPSA) is 30.7 Å². The van der Waals surface area contributed by atoms with E-state index in [2.05, 4.69) is 187 Å². The highest BCUT2D eigenvalue weighted by Gasteiger charge is 2.18. The monoisotopic (exact) mass is 673 g/mol. The van der Waals surface area contributed by atoms with Gasteiger partial charge in [0.15, 0.2) is 0 Å². The Morgan fingerprint density at radius 3 is 1.57 bits per heavy atom. The Balaban J connectivity index is 0.994. The molecule has 3 nitrogen and oxygen atoms in total. The van der Waals surface area contributed by atoms with E-state index >= 15 is 0 Å². The first-order valence-corrected chi connectivity index (χ1v) is 18.1. The van der Waals surface area contributed by atoms with Crippen LogP contribution in [-0.2, 0) is 0 Å². The zero-order valence-corrected chi connectivity index (χ0v) is 28.7. The highest BCUT2D eigenvalue weighted by atomic mass is 15.0. The van der Waals surface area contributed by atoms with Crippen molar-refractivity contribution in [3.63, 3.8) is 0 Å². The molecule has 0 spiro atoms. The third-order valence-electron chi connectivity index (χ3n) is 10.8. The van der Waals surface area contributed by atoms with Crippen LogP contribution in [0.1, 0.15) is 0 Å². The van der Waals surface area contributed by atoms with Crippen LogP contribution < -0.4 is 0 Å². The summed E-state index contributed by atoms with van der Waals surface area (Å²) in [5, 5.41) is 11.1. The number of para-hydroxylation sites is 3. The fourth-order valence-corrected chi connectivity index (χ4v) is 8.40. The summed E-state index contributed by atoms with van der Waals surface area (Å²) in [5.41, 5.74) is 10.8. The first-order valence-electron chi connectivity index (χ1n) is 18.1. The lowest BCUT2D eigenvalue weighted by molar-refractivity contribution is 1.18. The van der Waals surface area contributed by atoms with Gasteiger partial charge in [-0.1, -0.05) is 140 Å². The number of fused-ring (bicyclic) bond motifs is 11. The van der Waals surface area contributed by atoms with E-state index in [0.717, 1.165) is 44.8 Å². The number of rotatable bonds is 4. The van der Waals surface area contributed by atoms with Crippen molar-refractivity contribution in [1.82, 2.24) is 14.5 Å². The van der Waals surface area contributed by atoms with Gasteiger partial charge in [-0.25, -0.2) is 4.98 Å². The van der Waals surface area contributed by atoms with Crippen LogP contribution in [0.5, 0.6) is 0 Å². The minimum Gasteiger partial charge on any atom is -0.309 e. The molecule has 0 aliphatic carbocycles. The normalized spacial score (nSPS) is 11.8. The maximum absolute atomic E-state index is 5.36. The van der Waals surface area contributed by atoms with Gasteiger partial charge in [0.25, 0.3) is 0 Å². The first kappa shape index (κ1) is 29.6. The van der Waals surface area contributed by atoms with Gasteiger partial charge in [0.05, 0.1) is 27.9 Å². The molecule has 0 saturated heterocycles. The summed E-state index contributed by atoms with van der Waals surface area (Å²) in [6.07, 6.45) is 1.99. The SMILES string of the molecule is c1cc(-c2ccc(-c3ccc(-n4c5ccccc5c5ccccc54)cc3)cn2)cc(-c2nc3ccccc3c3c4ccccc4c4ccccc4c23)c1. The number of pyridine rings is 2. The third kappa shape index (κ3) is 4.61. The van der Waals surface area contributed by atoms with Gasteiger partial charge in [0.1, 0.15) is 0 Å². The average Bonchev–Trinajstić information content (AvgIpc) is 3.58. The van der Waals surface area contributed by atoms with E-state index in [1.165, 1.54) is 59.5 Å². The van der Waals surface area contributed by atoms with Crippen LogP contribution in [-0.4, -0.2) is 14.5 Å². The number of nitrogens with zero attached hydrogens (tertiary/aromatic N) is 3. The lowest BCUT2D eigenvalue weighted by atomic mass is 9.89. The van der Waals surface area contributed by atoms with Gasteiger partial charge in [-0.3, -0.25) is 4.98 Å². The molecular weight excluding hydrogens is 643 g/mol. The fourth-order valence-electron chi connectivity index (χ4n) is 8.40. The van der Waals surface area contributed by atoms with Crippen molar-refractivity contribution in [2.24, 2.45) is 0 Å². The minimum absolute atomic E-state index is 0.929. The second-order valence-electron chi connectivity index (χ2n) is 13.7. The Hall–Kier alpha value is -7.10. The first-order chi connectivity index (χ1) is 26.3. The molecule has 11 rings (SSSR count). The van der Waals surface area contributed by atoms with Gasteiger partial charge in [0.2, 0.25) is 0 Å². The third-order valence-corrected chi connectivity index (χ3v) is 10.8. The molecule has 0 unspecified atom stereocenters. The lowest BCUT2D eigenvalue weighted by Crippen LogP contribution is -1.94. The molecule has 246 valence electrons. The van der Waals surface area contributed by atoms with Gasteiger partial charge in [-0.05, 0) is 69.6 Å². The van der Waals surface area contributed by atoms with Gasteiger partial charge >= 0.3 is 0 Å². The summed E-state index contributed by atoms with van der Waals surface area (Å²) in [5.74, 6) is 0. The van der Waals surface area contributed by atoms with E-state index in [1.54, 1.807) is 0 Å². The molecule has 0 amide bonds. The Bertz CT molecular complexity index is 3160. The van der Waals surface area contributed by atoms with Gasteiger partial charge in [0, 0.05) is 55.5 Å². The zero-order valence-electron chi connectivity index (χ0n) is 28.7. The molecule has 0 fully saturated rings. The van der Waals surface area contributed by atoms with E-state index in [-0.39, 0.29) is 0 Å². The predicted molar refractivity (Wildman–Crippen MR) is 223 cm³/mol. The molecule has 0 radical (unpaired) electrons. The van der Waals surface area contributed by atoms with Crippen molar-refractivity contribution in [2.45, 2.75) is 0 Å². The van der Waals surface area contributed by atoms with Gasteiger partial charge < -0.3 is 4.57 Å². The zero-order chi connectivity index (χ0) is 34.9. The van der Waals surface area contributed by atoms with E-state index in [4.69, 9.17) is 9.97 Å². The number of hydrogen-bond acceptors (Lipinski definition) is 2. The Morgan fingerprint density at radius 2 is 0.906 bits per heavy atom. The number of aromatic nitrogens is 3. The molecule has 0 aliphatic heterocycles. The van der Waals surface area contributed by atoms with Crippen LogP contribution in [0.15, 0.2) is 188 Å². The maximum atomic E-state index is 5.36. The molecule has 8 aromatic carbocycles. The highest BCUT2D eigenvalue weighted by molar-refractivity contribution is 6.33. The molecule has 3 heteroatoms. The molecule has 3 aromatic heterocycles.